The number of nitriles is 2. The number of aromatic nitrogens is 4. The van der Waals surface area contributed by atoms with Crippen molar-refractivity contribution in [3.63, 3.8) is 0 Å². The van der Waals surface area contributed by atoms with Gasteiger partial charge in [0.05, 0.1) is 23.9 Å². The van der Waals surface area contributed by atoms with Crippen LogP contribution in [0.15, 0.2) is 36.8 Å². The van der Waals surface area contributed by atoms with E-state index in [-0.39, 0.29) is 12.1 Å². The van der Waals surface area contributed by atoms with Crippen LogP contribution in [0.4, 0.5) is 5.82 Å². The van der Waals surface area contributed by atoms with Crippen LogP contribution >= 0.6 is 0 Å². The molecular weight excluding hydrogens is 520 g/mol. The van der Waals surface area contributed by atoms with E-state index in [2.05, 4.69) is 39.2 Å². The molecule has 0 radical (unpaired) electrons. The van der Waals surface area contributed by atoms with Gasteiger partial charge in [0, 0.05) is 25.0 Å². The van der Waals surface area contributed by atoms with Crippen molar-refractivity contribution in [3.05, 3.63) is 42.4 Å². The van der Waals surface area contributed by atoms with Gasteiger partial charge in [-0.15, -0.1) is 0 Å². The Labute approximate surface area is 252 Å². The number of fused-ring (bicyclic) bond motifs is 1. The summed E-state index contributed by atoms with van der Waals surface area (Å²) in [5.41, 5.74) is 2.06. The third-order valence-corrected chi connectivity index (χ3v) is 8.50. The lowest BCUT2D eigenvalue weighted by Gasteiger charge is -2.36. The highest BCUT2D eigenvalue weighted by Crippen LogP contribution is 2.22. The first-order valence-corrected chi connectivity index (χ1v) is 16.3. The first-order valence-electron chi connectivity index (χ1n) is 16.3. The Bertz CT molecular complexity index is 1300. The first kappa shape index (κ1) is 31.4. The maximum Gasteiger partial charge on any atom is 0.180 e. The van der Waals surface area contributed by atoms with E-state index >= 15 is 0 Å². The molecular formula is C34H48N8. The summed E-state index contributed by atoms with van der Waals surface area (Å²) in [6.07, 6.45) is 25.8. The quantitative estimate of drug-likeness (QED) is 0.155. The predicted molar refractivity (Wildman–Crippen MR) is 169 cm³/mol. The highest BCUT2D eigenvalue weighted by molar-refractivity contribution is 5.59. The molecule has 0 saturated carbocycles. The molecule has 8 nitrogen and oxygen atoms in total. The van der Waals surface area contributed by atoms with Crippen LogP contribution in [-0.4, -0.2) is 49.4 Å². The van der Waals surface area contributed by atoms with Crippen LogP contribution in [0.25, 0.3) is 17.2 Å². The Morgan fingerprint density at radius 2 is 1.64 bits per heavy atom. The average molecular weight is 569 g/mol. The van der Waals surface area contributed by atoms with E-state index in [1.165, 1.54) is 77.0 Å². The zero-order chi connectivity index (χ0) is 29.4. The molecule has 1 N–H and O–H groups in total. The van der Waals surface area contributed by atoms with E-state index in [9.17, 15) is 10.5 Å². The van der Waals surface area contributed by atoms with Crippen LogP contribution in [-0.2, 0) is 0 Å². The topological polar surface area (TPSA) is 106 Å². The summed E-state index contributed by atoms with van der Waals surface area (Å²) in [5.74, 6) is 1.33. The standard InChI is InChI=1S/C34H48N8/c1-2-3-4-5-6-7-8-9-10-11-12-13-14-17-30(24-36)41-22-15-16-29(27-41)39-32-20-21-37-34(40-32)31-25-38-33-19-18-28(23-35)26-42(31)33/h18-21,25-26,29-30H,2-17,22,27H2,1H3,(H,37,39,40)/t29-,30?/m1/s1. The van der Waals surface area contributed by atoms with Crippen molar-refractivity contribution in [1.29, 1.82) is 10.5 Å². The zero-order valence-corrected chi connectivity index (χ0v) is 25.5. The monoisotopic (exact) mass is 568 g/mol. The molecule has 224 valence electrons. The highest BCUT2D eigenvalue weighted by atomic mass is 15.2. The molecule has 1 aliphatic heterocycles. The molecule has 8 heteroatoms. The van der Waals surface area contributed by atoms with Crippen LogP contribution in [0.3, 0.4) is 0 Å². The second-order valence-corrected chi connectivity index (χ2v) is 11.8. The van der Waals surface area contributed by atoms with E-state index in [0.29, 0.717) is 11.4 Å². The van der Waals surface area contributed by atoms with Crippen molar-refractivity contribution in [1.82, 2.24) is 24.3 Å². The van der Waals surface area contributed by atoms with E-state index in [4.69, 9.17) is 4.98 Å². The third kappa shape index (κ3) is 9.53. The molecule has 0 amide bonds. The van der Waals surface area contributed by atoms with Gasteiger partial charge < -0.3 is 5.32 Å². The number of rotatable bonds is 18. The van der Waals surface area contributed by atoms with Crippen molar-refractivity contribution in [2.75, 3.05) is 18.4 Å². The van der Waals surface area contributed by atoms with Gasteiger partial charge >= 0.3 is 0 Å². The van der Waals surface area contributed by atoms with Crippen molar-refractivity contribution in [3.8, 4) is 23.7 Å². The second-order valence-electron chi connectivity index (χ2n) is 11.8. The Morgan fingerprint density at radius 3 is 2.33 bits per heavy atom. The first-order chi connectivity index (χ1) is 20.7. The smallest absolute Gasteiger partial charge is 0.180 e. The number of anilines is 1. The largest absolute Gasteiger partial charge is 0.366 e. The predicted octanol–water partition coefficient (Wildman–Crippen LogP) is 7.91. The fraction of sp³-hybridized carbons (Fsp3) is 0.618. The minimum Gasteiger partial charge on any atom is -0.366 e. The van der Waals surface area contributed by atoms with Crippen LogP contribution in [0.5, 0.6) is 0 Å². The summed E-state index contributed by atoms with van der Waals surface area (Å²) < 4.78 is 1.86. The zero-order valence-electron chi connectivity index (χ0n) is 25.5. The molecule has 4 heterocycles. The number of hydrogen-bond acceptors (Lipinski definition) is 7. The summed E-state index contributed by atoms with van der Waals surface area (Å²) >= 11 is 0. The van der Waals surface area contributed by atoms with Crippen LogP contribution in [0, 0.1) is 22.7 Å². The summed E-state index contributed by atoms with van der Waals surface area (Å²) in [5, 5.41) is 22.8. The van der Waals surface area contributed by atoms with Gasteiger partial charge in [-0.2, -0.15) is 10.5 Å². The molecule has 1 fully saturated rings. The van der Waals surface area contributed by atoms with Gasteiger partial charge in [0.2, 0.25) is 0 Å². The number of likely N-dealkylation sites (tertiary alicyclic amines) is 1. The number of nitrogens with zero attached hydrogens (tertiary/aromatic N) is 7. The number of nitrogens with one attached hydrogen (secondary N) is 1. The van der Waals surface area contributed by atoms with Gasteiger partial charge in [-0.3, -0.25) is 9.30 Å². The number of piperidine rings is 1. The van der Waals surface area contributed by atoms with Crippen molar-refractivity contribution in [2.24, 2.45) is 0 Å². The second kappa shape index (κ2) is 17.5. The summed E-state index contributed by atoms with van der Waals surface area (Å²) in [6.45, 7) is 4.10. The van der Waals surface area contributed by atoms with E-state index in [1.54, 1.807) is 24.7 Å². The fourth-order valence-corrected chi connectivity index (χ4v) is 6.08. The molecule has 1 aliphatic rings. The van der Waals surface area contributed by atoms with Gasteiger partial charge in [0.25, 0.3) is 0 Å². The lowest BCUT2D eigenvalue weighted by molar-refractivity contribution is 0.175. The lowest BCUT2D eigenvalue weighted by atomic mass is 10.00. The Hall–Kier alpha value is -3.49. The number of imidazole rings is 1. The molecule has 3 aromatic rings. The molecule has 42 heavy (non-hydrogen) atoms. The van der Waals surface area contributed by atoms with Gasteiger partial charge in [0.1, 0.15) is 23.2 Å². The summed E-state index contributed by atoms with van der Waals surface area (Å²) in [4.78, 5) is 16.0. The Balaban J connectivity index is 1.18. The van der Waals surface area contributed by atoms with E-state index < -0.39 is 0 Å². The molecule has 3 aromatic heterocycles. The normalized spacial score (nSPS) is 16.2. The molecule has 0 bridgehead atoms. The van der Waals surface area contributed by atoms with Gasteiger partial charge in [-0.05, 0) is 44.0 Å². The van der Waals surface area contributed by atoms with Gasteiger partial charge in [-0.25, -0.2) is 15.0 Å². The minimum absolute atomic E-state index is 0.0178. The maximum atomic E-state index is 9.95. The number of hydrogen-bond donors (Lipinski definition) is 1. The molecule has 0 spiro atoms. The van der Waals surface area contributed by atoms with Crippen LogP contribution in [0.1, 0.15) is 115 Å². The molecule has 0 aliphatic carbocycles. The molecule has 1 unspecified atom stereocenters. The molecule has 2 atom stereocenters. The van der Waals surface area contributed by atoms with Crippen LogP contribution in [0.2, 0.25) is 0 Å². The minimum atomic E-state index is -0.0178. The highest BCUT2D eigenvalue weighted by Gasteiger charge is 2.26. The third-order valence-electron chi connectivity index (χ3n) is 8.50. The number of pyridine rings is 1. The summed E-state index contributed by atoms with van der Waals surface area (Å²) in [6, 6.07) is 10.5. The Morgan fingerprint density at radius 1 is 0.929 bits per heavy atom. The SMILES string of the molecule is CCCCCCCCCCCCCCCC(C#N)N1CCC[C@@H](Nc2ccnc(-c3cnc4ccc(C#N)cn34)n2)C1. The van der Waals surface area contributed by atoms with Crippen molar-refractivity contribution in [2.45, 2.75) is 122 Å². The van der Waals surface area contributed by atoms with Gasteiger partial charge in [0.15, 0.2) is 5.82 Å². The molecule has 0 aromatic carbocycles. The summed E-state index contributed by atoms with van der Waals surface area (Å²) in [7, 11) is 0. The lowest BCUT2D eigenvalue weighted by Crippen LogP contribution is -2.46. The molecule has 4 rings (SSSR count). The van der Waals surface area contributed by atoms with E-state index in [1.807, 2.05) is 16.5 Å². The van der Waals surface area contributed by atoms with Gasteiger partial charge in [-0.1, -0.05) is 90.4 Å². The number of unbranched alkanes of at least 4 members (excludes halogenated alkanes) is 12. The Kier molecular flexibility index (Phi) is 13.1. The average Bonchev–Trinajstić information content (AvgIpc) is 3.45. The fourth-order valence-electron chi connectivity index (χ4n) is 6.08. The van der Waals surface area contributed by atoms with Crippen molar-refractivity contribution < 1.29 is 0 Å². The van der Waals surface area contributed by atoms with Crippen LogP contribution < -0.4 is 5.32 Å². The van der Waals surface area contributed by atoms with Crippen molar-refractivity contribution >= 4 is 11.5 Å². The molecule has 1 saturated heterocycles. The van der Waals surface area contributed by atoms with E-state index in [0.717, 1.165) is 55.9 Å². The maximum absolute atomic E-state index is 9.95.